The van der Waals surface area contributed by atoms with Gasteiger partial charge in [0.1, 0.15) is 0 Å². The summed E-state index contributed by atoms with van der Waals surface area (Å²) in [6.07, 6.45) is 0. The van der Waals surface area contributed by atoms with Crippen LogP contribution in [0.15, 0.2) is 0 Å². The van der Waals surface area contributed by atoms with Crippen LogP contribution in [0.1, 0.15) is 0 Å². The molecule has 0 aliphatic heterocycles. The van der Waals surface area contributed by atoms with Gasteiger partial charge in [-0.15, -0.1) is 0 Å². The molecule has 0 aromatic carbocycles. The molecule has 4 heavy (non-hydrogen) atoms. The van der Waals surface area contributed by atoms with E-state index in [1.165, 1.54) is 0 Å². The predicted molar refractivity (Wildman–Crippen MR) is 19.1 cm³/mol. The van der Waals surface area contributed by atoms with Crippen molar-refractivity contribution < 1.29 is 20.4 Å². The summed E-state index contributed by atoms with van der Waals surface area (Å²) in [5.74, 6) is 0. The van der Waals surface area contributed by atoms with Gasteiger partial charge in [-0.1, -0.05) is 0 Å². The summed E-state index contributed by atoms with van der Waals surface area (Å²) in [4.78, 5) is 0. The summed E-state index contributed by atoms with van der Waals surface area (Å²) >= 11 is 0.889. The van der Waals surface area contributed by atoms with Crippen LogP contribution in [0.25, 0.3) is 0 Å². The van der Waals surface area contributed by atoms with Crippen molar-refractivity contribution in [1.82, 2.24) is 0 Å². The van der Waals surface area contributed by atoms with E-state index in [1.807, 2.05) is 0 Å². The Morgan fingerprint density at radius 1 is 1.25 bits per heavy atom. The van der Waals surface area contributed by atoms with Gasteiger partial charge < -0.3 is 0 Å². The zero-order valence-electron chi connectivity index (χ0n) is 1.72. The number of hydrogen-bond acceptors (Lipinski definition) is 1. The first-order valence-corrected chi connectivity index (χ1v) is 5.37. The van der Waals surface area contributed by atoms with E-state index >= 15 is 0 Å². The van der Waals surface area contributed by atoms with Crippen molar-refractivity contribution in [2.24, 2.45) is 0 Å². The fourth-order valence-electron chi connectivity index (χ4n) is 0. The maximum absolute atomic E-state index is 4.22. The van der Waals surface area contributed by atoms with Crippen LogP contribution in [0, 0.1) is 0 Å². The smallest absolute Gasteiger partial charge is 0 e. The van der Waals surface area contributed by atoms with Crippen LogP contribution in [-0.2, 0) is 20.4 Å². The zero-order valence-corrected chi connectivity index (χ0v) is 10.8. The summed E-state index contributed by atoms with van der Waals surface area (Å²) in [5.41, 5.74) is 0. The molecule has 4 heteroatoms. The molecule has 0 aromatic heterocycles. The average Bonchev–Trinajstić information content (AvgIpc) is 1.00. The van der Waals surface area contributed by atoms with Gasteiger partial charge in [-0.25, -0.2) is 0 Å². The van der Waals surface area contributed by atoms with Crippen molar-refractivity contribution >= 4 is 56.2 Å². The Kier molecular flexibility index (Phi) is 69.9. The Bertz CT molecular complexity index is 8.00. The van der Waals surface area contributed by atoms with E-state index in [-0.39, 0.29) is 44.3 Å². The van der Waals surface area contributed by atoms with Crippen molar-refractivity contribution in [2.75, 3.05) is 0 Å². The molecule has 0 saturated heterocycles. The molecule has 0 fully saturated rings. The Balaban J connectivity index is -0.00000000500. The minimum atomic E-state index is 0. The van der Waals surface area contributed by atoms with Crippen molar-refractivity contribution in [3.05, 3.63) is 0 Å². The van der Waals surface area contributed by atoms with Gasteiger partial charge in [-0.05, 0) is 0 Å². The van der Waals surface area contributed by atoms with E-state index in [4.69, 9.17) is 0 Å². The molecule has 24 valence electrons. The standard InChI is InChI=1S/Pb.Pd.S.Sn. The van der Waals surface area contributed by atoms with Crippen molar-refractivity contribution in [1.29, 1.82) is 0 Å². The molecule has 0 spiro atoms. The van der Waals surface area contributed by atoms with E-state index in [0.29, 0.717) is 0 Å². The summed E-state index contributed by atoms with van der Waals surface area (Å²) in [5, 5.41) is 0. The summed E-state index contributed by atoms with van der Waals surface area (Å²) in [6.45, 7) is 0. The Morgan fingerprint density at radius 3 is 1.25 bits per heavy atom. The van der Waals surface area contributed by atoms with Crippen LogP contribution in [0.2, 0.25) is 0 Å². The minimum Gasteiger partial charge on any atom is 0 e. The monoisotopic (exact) mass is 466 g/mol. The van der Waals surface area contributed by atoms with Gasteiger partial charge in [0.05, 0.1) is 0 Å². The molecule has 0 atom stereocenters. The number of hydrogen-bond donors (Lipinski definition) is 0. The molecule has 0 aliphatic carbocycles. The third-order valence-electron chi connectivity index (χ3n) is 0. The molecule has 0 aliphatic rings. The minimum absolute atomic E-state index is 0. The molecular formula is PbPdSSn. The van der Waals surface area contributed by atoms with Gasteiger partial charge in [0.2, 0.25) is 0 Å². The van der Waals surface area contributed by atoms with E-state index < -0.39 is 0 Å². The maximum Gasteiger partial charge on any atom is 0 e. The predicted octanol–water partition coefficient (Wildman–Crippen LogP) is -0.116. The Morgan fingerprint density at radius 2 is 1.25 bits per heavy atom. The molecule has 0 unspecified atom stereocenters. The molecule has 6 radical (unpaired) electrons. The molecule has 0 nitrogen and oxygen atoms in total. The van der Waals surface area contributed by atoms with Crippen molar-refractivity contribution in [3.8, 4) is 0 Å². The van der Waals surface area contributed by atoms with Crippen molar-refractivity contribution in [3.63, 3.8) is 0 Å². The molecule has 0 rings (SSSR count). The fourth-order valence-corrected chi connectivity index (χ4v) is 0. The first-order chi connectivity index (χ1) is 1.00. The average molecular weight is 464 g/mol. The first-order valence-electron chi connectivity index (χ1n) is 0.204. The van der Waals surface area contributed by atoms with Gasteiger partial charge in [0.15, 0.2) is 0 Å². The summed E-state index contributed by atoms with van der Waals surface area (Å²) in [7, 11) is 4.22. The van der Waals surface area contributed by atoms with E-state index in [9.17, 15) is 0 Å². The molecule has 0 saturated carbocycles. The van der Waals surface area contributed by atoms with Crippen LogP contribution in [0.4, 0.5) is 0 Å². The molecular weight excluding hydrogens is 464 g/mol. The normalized spacial score (nSPS) is 1.00. The molecule has 0 amide bonds. The third kappa shape index (κ3) is 8.82. The van der Waals surface area contributed by atoms with E-state index in [1.54, 1.807) is 0 Å². The largest absolute Gasteiger partial charge is 0 e. The van der Waals surface area contributed by atoms with Crippen LogP contribution >= 0.6 is 8.65 Å². The molecule has 0 heterocycles. The molecule has 0 aromatic rings. The van der Waals surface area contributed by atoms with Crippen LogP contribution in [0.5, 0.6) is 0 Å². The zero-order chi connectivity index (χ0) is 2.00. The van der Waals surface area contributed by atoms with E-state index in [2.05, 4.69) is 8.65 Å². The second-order valence-electron chi connectivity index (χ2n) is 0. The van der Waals surface area contributed by atoms with Gasteiger partial charge >= 0.3 is 32.3 Å². The second-order valence-corrected chi connectivity index (χ2v) is 0. The first kappa shape index (κ1) is 16.0. The second kappa shape index (κ2) is 17.5. The SMILES string of the molecule is [Pd].[S]=[Pb].[Sn]. The Hall–Kier alpha value is 2.60. The Labute approximate surface area is 75.2 Å². The maximum atomic E-state index is 4.22. The van der Waals surface area contributed by atoms with Gasteiger partial charge in [0.25, 0.3) is 0 Å². The number of rotatable bonds is 0. The molecule has 0 N–H and O–H groups in total. The van der Waals surface area contributed by atoms with Crippen LogP contribution < -0.4 is 0 Å². The molecule has 0 bridgehead atoms. The van der Waals surface area contributed by atoms with Crippen LogP contribution in [0.3, 0.4) is 0 Å². The fraction of sp³-hybridized carbons (Fsp3) is 0. The van der Waals surface area contributed by atoms with Crippen LogP contribution in [-0.4, -0.2) is 47.6 Å². The van der Waals surface area contributed by atoms with Gasteiger partial charge in [0, 0.05) is 44.3 Å². The summed E-state index contributed by atoms with van der Waals surface area (Å²) < 4.78 is 0. The van der Waals surface area contributed by atoms with E-state index in [0.717, 1.165) is 23.7 Å². The quantitative estimate of drug-likeness (QED) is 0.451. The van der Waals surface area contributed by atoms with Crippen molar-refractivity contribution in [2.45, 2.75) is 0 Å². The van der Waals surface area contributed by atoms with Gasteiger partial charge in [-0.2, -0.15) is 0 Å². The third-order valence-corrected chi connectivity index (χ3v) is 0. The topological polar surface area (TPSA) is 0 Å². The van der Waals surface area contributed by atoms with Gasteiger partial charge in [-0.3, -0.25) is 0 Å². The summed E-state index contributed by atoms with van der Waals surface area (Å²) in [6, 6.07) is 0.